The molecule has 1 aromatic heterocycles. The number of nitrogens with one attached hydrogen (secondary N) is 1. The molecule has 2 heterocycles. The van der Waals surface area contributed by atoms with E-state index in [1.54, 1.807) is 18.2 Å². The van der Waals surface area contributed by atoms with Crippen LogP contribution in [0.3, 0.4) is 0 Å². The van der Waals surface area contributed by atoms with Gasteiger partial charge in [-0.15, -0.1) is 0 Å². The second kappa shape index (κ2) is 10.6. The molecular formula is C26H24F3N3O3. The van der Waals surface area contributed by atoms with Crippen LogP contribution in [0.15, 0.2) is 72.9 Å². The molecule has 182 valence electrons. The highest BCUT2D eigenvalue weighted by atomic mass is 19.4. The number of carbonyl (C=O) groups excluding carboxylic acids is 2. The molecule has 0 radical (unpaired) electrons. The molecule has 3 aromatic rings. The van der Waals surface area contributed by atoms with E-state index in [-0.39, 0.29) is 24.0 Å². The summed E-state index contributed by atoms with van der Waals surface area (Å²) in [6.45, 7) is 0.784. The summed E-state index contributed by atoms with van der Waals surface area (Å²) in [5.41, 5.74) is 0.454. The fourth-order valence-corrected chi connectivity index (χ4v) is 4.01. The summed E-state index contributed by atoms with van der Waals surface area (Å²) in [5.74, 6) is -1.48. The normalized spacial score (nSPS) is 16.0. The highest BCUT2D eigenvalue weighted by Gasteiger charge is 2.37. The van der Waals surface area contributed by atoms with E-state index < -0.39 is 23.6 Å². The van der Waals surface area contributed by atoms with Gasteiger partial charge in [-0.1, -0.05) is 36.4 Å². The lowest BCUT2D eigenvalue weighted by atomic mass is 9.97. The zero-order chi connectivity index (χ0) is 24.8. The van der Waals surface area contributed by atoms with Gasteiger partial charge in [-0.05, 0) is 48.7 Å². The van der Waals surface area contributed by atoms with Crippen LogP contribution in [0.25, 0.3) is 0 Å². The first kappa shape index (κ1) is 24.3. The number of hydrogen-bond acceptors (Lipinski definition) is 5. The van der Waals surface area contributed by atoms with Crippen LogP contribution in [0.1, 0.15) is 34.3 Å². The number of nitrogens with zero attached hydrogens (tertiary/aromatic N) is 2. The predicted molar refractivity (Wildman–Crippen MR) is 124 cm³/mol. The maximum atomic E-state index is 13.4. The van der Waals surface area contributed by atoms with Gasteiger partial charge in [0, 0.05) is 31.4 Å². The van der Waals surface area contributed by atoms with Crippen LogP contribution in [0, 0.1) is 5.92 Å². The minimum absolute atomic E-state index is 0.0657. The second-order valence-corrected chi connectivity index (χ2v) is 8.27. The monoisotopic (exact) mass is 483 g/mol. The van der Waals surface area contributed by atoms with Gasteiger partial charge in [0.2, 0.25) is 0 Å². The van der Waals surface area contributed by atoms with E-state index in [1.165, 1.54) is 23.2 Å². The SMILES string of the molecule is O=C(NCc1ccccc1)c1cccc(OC(=O)C2CCCN(c3ncccc3C(F)(F)F)C2)c1. The lowest BCUT2D eigenvalue weighted by Gasteiger charge is -2.33. The number of alkyl halides is 3. The number of carbonyl (C=O) groups is 2. The van der Waals surface area contributed by atoms with E-state index in [4.69, 9.17) is 4.74 Å². The third kappa shape index (κ3) is 6.17. The van der Waals surface area contributed by atoms with Crippen molar-refractivity contribution in [2.24, 2.45) is 5.92 Å². The number of amides is 1. The van der Waals surface area contributed by atoms with Crippen LogP contribution in [0.5, 0.6) is 5.75 Å². The Morgan fingerprint density at radius 3 is 2.63 bits per heavy atom. The Hall–Kier alpha value is -3.88. The molecule has 35 heavy (non-hydrogen) atoms. The van der Waals surface area contributed by atoms with Crippen molar-refractivity contribution in [2.45, 2.75) is 25.6 Å². The smallest absolute Gasteiger partial charge is 0.419 e. The molecule has 6 nitrogen and oxygen atoms in total. The standard InChI is InChI=1S/C26H24F3N3O3/c27-26(28,29)22-12-5-13-30-23(22)32-14-6-10-20(17-32)25(34)35-21-11-4-9-19(15-21)24(33)31-16-18-7-2-1-3-8-18/h1-5,7-9,11-13,15,20H,6,10,14,16-17H2,(H,31,33). The van der Waals surface area contributed by atoms with Crippen LogP contribution in [0.2, 0.25) is 0 Å². The predicted octanol–water partition coefficient (Wildman–Crippen LogP) is 4.85. The van der Waals surface area contributed by atoms with Crippen LogP contribution in [-0.2, 0) is 17.5 Å². The van der Waals surface area contributed by atoms with E-state index >= 15 is 0 Å². The summed E-state index contributed by atoms with van der Waals surface area (Å²) in [6, 6.07) is 17.9. The largest absolute Gasteiger partial charge is 0.426 e. The number of benzene rings is 2. The molecule has 0 spiro atoms. The van der Waals surface area contributed by atoms with Gasteiger partial charge in [0.1, 0.15) is 11.6 Å². The molecule has 1 N–H and O–H groups in total. The lowest BCUT2D eigenvalue weighted by Crippen LogP contribution is -2.41. The van der Waals surface area contributed by atoms with Crippen molar-refractivity contribution < 1.29 is 27.5 Å². The van der Waals surface area contributed by atoms with Crippen molar-refractivity contribution in [1.82, 2.24) is 10.3 Å². The summed E-state index contributed by atoms with van der Waals surface area (Å²) < 4.78 is 45.7. The number of ether oxygens (including phenoxy) is 1. The number of piperidine rings is 1. The second-order valence-electron chi connectivity index (χ2n) is 8.27. The van der Waals surface area contributed by atoms with Crippen molar-refractivity contribution in [1.29, 1.82) is 0 Å². The molecule has 1 aliphatic heterocycles. The Morgan fingerprint density at radius 2 is 1.86 bits per heavy atom. The Morgan fingerprint density at radius 1 is 1.06 bits per heavy atom. The lowest BCUT2D eigenvalue weighted by molar-refractivity contribution is -0.139. The number of halogens is 3. The fraction of sp³-hybridized carbons (Fsp3) is 0.269. The Labute approximate surface area is 200 Å². The summed E-state index contributed by atoms with van der Waals surface area (Å²) in [4.78, 5) is 30.7. The Bertz CT molecular complexity index is 1180. The first-order chi connectivity index (χ1) is 16.8. The highest BCUT2D eigenvalue weighted by molar-refractivity contribution is 5.94. The zero-order valence-electron chi connectivity index (χ0n) is 18.8. The van der Waals surface area contributed by atoms with Gasteiger partial charge in [0.15, 0.2) is 0 Å². The minimum Gasteiger partial charge on any atom is -0.426 e. The van der Waals surface area contributed by atoms with Crippen LogP contribution >= 0.6 is 0 Å². The molecular weight excluding hydrogens is 459 g/mol. The molecule has 1 fully saturated rings. The summed E-state index contributed by atoms with van der Waals surface area (Å²) in [7, 11) is 0. The van der Waals surface area contributed by atoms with Crippen LogP contribution < -0.4 is 15.0 Å². The molecule has 1 saturated heterocycles. The molecule has 1 unspecified atom stereocenters. The van der Waals surface area contributed by atoms with Crippen LogP contribution in [0.4, 0.5) is 19.0 Å². The number of hydrogen-bond donors (Lipinski definition) is 1. The fourth-order valence-electron chi connectivity index (χ4n) is 4.01. The van der Waals surface area contributed by atoms with Gasteiger partial charge in [0.05, 0.1) is 11.5 Å². The van der Waals surface area contributed by atoms with Crippen molar-refractivity contribution in [3.63, 3.8) is 0 Å². The van der Waals surface area contributed by atoms with E-state index in [0.29, 0.717) is 31.5 Å². The number of rotatable bonds is 6. The van der Waals surface area contributed by atoms with Crippen molar-refractivity contribution in [2.75, 3.05) is 18.0 Å². The van der Waals surface area contributed by atoms with Gasteiger partial charge in [0.25, 0.3) is 5.91 Å². The summed E-state index contributed by atoms with van der Waals surface area (Å²) in [5, 5.41) is 2.82. The van der Waals surface area contributed by atoms with Gasteiger partial charge in [-0.2, -0.15) is 13.2 Å². The Balaban J connectivity index is 1.40. The maximum Gasteiger partial charge on any atom is 0.419 e. The molecule has 1 amide bonds. The first-order valence-corrected chi connectivity index (χ1v) is 11.2. The quantitative estimate of drug-likeness (QED) is 0.401. The topological polar surface area (TPSA) is 71.5 Å². The van der Waals surface area contributed by atoms with Crippen molar-refractivity contribution >= 4 is 17.7 Å². The average Bonchev–Trinajstić information content (AvgIpc) is 2.87. The Kier molecular flexibility index (Phi) is 7.33. The van der Waals surface area contributed by atoms with Gasteiger partial charge in [-0.3, -0.25) is 9.59 Å². The molecule has 1 aliphatic rings. The van der Waals surface area contributed by atoms with Crippen molar-refractivity contribution in [3.05, 3.63) is 89.6 Å². The average molecular weight is 483 g/mol. The molecule has 2 aromatic carbocycles. The molecule has 0 aliphatic carbocycles. The number of esters is 1. The third-order valence-corrected chi connectivity index (χ3v) is 5.76. The van der Waals surface area contributed by atoms with Gasteiger partial charge >= 0.3 is 12.1 Å². The van der Waals surface area contributed by atoms with E-state index in [0.717, 1.165) is 11.6 Å². The highest BCUT2D eigenvalue weighted by Crippen LogP contribution is 2.36. The molecule has 9 heteroatoms. The van der Waals surface area contributed by atoms with E-state index in [1.807, 2.05) is 30.3 Å². The summed E-state index contributed by atoms with van der Waals surface area (Å²) >= 11 is 0. The number of anilines is 1. The molecule has 4 rings (SSSR count). The number of aromatic nitrogens is 1. The summed E-state index contributed by atoms with van der Waals surface area (Å²) in [6.07, 6.45) is -2.23. The van der Waals surface area contributed by atoms with E-state index in [9.17, 15) is 22.8 Å². The molecule has 0 saturated carbocycles. The molecule has 1 atom stereocenters. The van der Waals surface area contributed by atoms with Crippen molar-refractivity contribution in [3.8, 4) is 5.75 Å². The first-order valence-electron chi connectivity index (χ1n) is 11.2. The van der Waals surface area contributed by atoms with E-state index in [2.05, 4.69) is 10.3 Å². The van der Waals surface area contributed by atoms with Crippen LogP contribution in [-0.4, -0.2) is 29.9 Å². The minimum atomic E-state index is -4.54. The third-order valence-electron chi connectivity index (χ3n) is 5.76. The maximum absolute atomic E-state index is 13.4. The van der Waals surface area contributed by atoms with Gasteiger partial charge in [-0.25, -0.2) is 4.98 Å². The zero-order valence-corrected chi connectivity index (χ0v) is 18.8. The molecule has 0 bridgehead atoms. The van der Waals surface area contributed by atoms with Gasteiger partial charge < -0.3 is 15.0 Å². The number of pyridine rings is 1.